The summed E-state index contributed by atoms with van der Waals surface area (Å²) < 4.78 is 1.18. The van der Waals surface area contributed by atoms with E-state index in [1.165, 1.54) is 15.1 Å². The highest BCUT2D eigenvalue weighted by atomic mass is 32.1. The third-order valence-electron chi connectivity index (χ3n) is 4.27. The van der Waals surface area contributed by atoms with Gasteiger partial charge in [0.25, 0.3) is 0 Å². The summed E-state index contributed by atoms with van der Waals surface area (Å²) in [4.78, 5) is 17.8. The number of nitrogens with one attached hydrogen (secondary N) is 2. The third-order valence-corrected chi connectivity index (χ3v) is 6.66. The Morgan fingerprint density at radius 1 is 1.29 bits per heavy atom. The second-order valence-electron chi connectivity index (χ2n) is 6.31. The highest BCUT2D eigenvalue weighted by Crippen LogP contribution is 2.47. The lowest BCUT2D eigenvalue weighted by Crippen LogP contribution is -2.35. The molecular weight excluding hydrogens is 338 g/mol. The molecule has 2 N–H and O–H groups in total. The van der Waals surface area contributed by atoms with Crippen molar-refractivity contribution in [2.75, 3.05) is 5.32 Å². The Morgan fingerprint density at radius 2 is 2.08 bits per heavy atom. The fraction of sp³-hybridized carbons (Fsp3) is 0.333. The van der Waals surface area contributed by atoms with Gasteiger partial charge in [0.2, 0.25) is 5.91 Å². The summed E-state index contributed by atoms with van der Waals surface area (Å²) in [6, 6.07) is 8.90. The van der Waals surface area contributed by atoms with Crippen LogP contribution >= 0.6 is 22.7 Å². The smallest absolute Gasteiger partial charge is 0.221 e. The van der Waals surface area contributed by atoms with Crippen LogP contribution in [0, 0.1) is 0 Å². The summed E-state index contributed by atoms with van der Waals surface area (Å²) in [6.45, 7) is 5.95. The van der Waals surface area contributed by atoms with Crippen LogP contribution in [-0.4, -0.2) is 16.9 Å². The molecule has 4 nitrogen and oxygen atoms in total. The number of amides is 1. The van der Waals surface area contributed by atoms with Crippen LogP contribution in [0.1, 0.15) is 37.3 Å². The van der Waals surface area contributed by atoms with Gasteiger partial charge in [-0.3, -0.25) is 4.79 Å². The Morgan fingerprint density at radius 3 is 2.83 bits per heavy atom. The summed E-state index contributed by atoms with van der Waals surface area (Å²) in [5, 5.41) is 8.54. The van der Waals surface area contributed by atoms with Crippen molar-refractivity contribution in [1.29, 1.82) is 0 Å². The minimum Gasteiger partial charge on any atom is -0.317 e. The predicted octanol–water partition coefficient (Wildman–Crippen LogP) is 4.58. The van der Waals surface area contributed by atoms with Crippen molar-refractivity contribution < 1.29 is 4.79 Å². The van der Waals surface area contributed by atoms with E-state index < -0.39 is 0 Å². The van der Waals surface area contributed by atoms with Crippen molar-refractivity contribution in [1.82, 2.24) is 10.3 Å². The van der Waals surface area contributed by atoms with E-state index in [0.717, 1.165) is 27.5 Å². The predicted molar refractivity (Wildman–Crippen MR) is 102 cm³/mol. The molecule has 0 unspecified atom stereocenters. The van der Waals surface area contributed by atoms with E-state index in [-0.39, 0.29) is 5.91 Å². The number of carbonyl (C=O) groups excluding carboxylic acids is 1. The summed E-state index contributed by atoms with van der Waals surface area (Å²) in [5.41, 5.74) is 3.47. The number of thiazole rings is 1. The van der Waals surface area contributed by atoms with E-state index in [1.54, 1.807) is 29.6 Å². The first kappa shape index (κ1) is 15.7. The van der Waals surface area contributed by atoms with Crippen LogP contribution in [0.2, 0.25) is 0 Å². The average Bonchev–Trinajstić information content (AvgIpc) is 3.07. The average molecular weight is 358 g/mol. The molecule has 3 heterocycles. The molecule has 124 valence electrons. The van der Waals surface area contributed by atoms with Crippen molar-refractivity contribution in [2.45, 2.75) is 39.3 Å². The van der Waals surface area contributed by atoms with E-state index in [4.69, 9.17) is 4.98 Å². The molecule has 0 radical (unpaired) electrons. The summed E-state index contributed by atoms with van der Waals surface area (Å²) in [6.07, 6.45) is 0.959. The minimum atomic E-state index is -0.0374. The molecule has 24 heavy (non-hydrogen) atoms. The first-order chi connectivity index (χ1) is 11.5. The number of aromatic nitrogens is 1. The number of fused-ring (bicyclic) bond motifs is 2. The molecule has 2 atom stereocenters. The van der Waals surface area contributed by atoms with Crippen LogP contribution in [0.15, 0.2) is 24.3 Å². The molecule has 1 aliphatic heterocycles. The fourth-order valence-electron chi connectivity index (χ4n) is 3.36. The molecule has 0 fully saturated rings. The zero-order valence-corrected chi connectivity index (χ0v) is 15.5. The Bertz CT molecular complexity index is 895. The number of hydrogen-bond donors (Lipinski definition) is 2. The van der Waals surface area contributed by atoms with Crippen LogP contribution in [0.5, 0.6) is 0 Å². The first-order valence-electron chi connectivity index (χ1n) is 8.08. The van der Waals surface area contributed by atoms with E-state index in [9.17, 15) is 4.79 Å². The molecule has 0 saturated carbocycles. The van der Waals surface area contributed by atoms with Gasteiger partial charge in [0, 0.05) is 29.4 Å². The molecule has 1 amide bonds. The molecule has 6 heteroatoms. The van der Waals surface area contributed by atoms with Crippen molar-refractivity contribution in [3.05, 3.63) is 34.7 Å². The Kier molecular flexibility index (Phi) is 3.90. The number of nitrogens with zero attached hydrogens (tertiary/aromatic N) is 1. The monoisotopic (exact) mass is 357 g/mol. The van der Waals surface area contributed by atoms with Gasteiger partial charge in [-0.1, -0.05) is 12.1 Å². The maximum Gasteiger partial charge on any atom is 0.221 e. The van der Waals surface area contributed by atoms with Gasteiger partial charge in [-0.2, -0.15) is 0 Å². The largest absolute Gasteiger partial charge is 0.317 e. The van der Waals surface area contributed by atoms with Gasteiger partial charge in [0.05, 0.1) is 10.2 Å². The topological polar surface area (TPSA) is 54.0 Å². The van der Waals surface area contributed by atoms with E-state index in [2.05, 4.69) is 30.5 Å². The van der Waals surface area contributed by atoms with Crippen LogP contribution < -0.4 is 10.6 Å². The van der Waals surface area contributed by atoms with E-state index in [0.29, 0.717) is 12.1 Å². The molecule has 0 aliphatic carbocycles. The Hall–Kier alpha value is -1.76. The van der Waals surface area contributed by atoms with E-state index >= 15 is 0 Å². The lowest BCUT2D eigenvalue weighted by Gasteiger charge is -2.26. The van der Waals surface area contributed by atoms with Gasteiger partial charge in [0.1, 0.15) is 10.0 Å². The lowest BCUT2D eigenvalue weighted by atomic mass is 9.95. The molecule has 0 bridgehead atoms. The number of anilines is 1. The summed E-state index contributed by atoms with van der Waals surface area (Å²) in [5.74, 6) is -0.0374. The first-order valence-corrected chi connectivity index (χ1v) is 9.71. The van der Waals surface area contributed by atoms with Gasteiger partial charge in [0.15, 0.2) is 0 Å². The number of thiophene rings is 1. The van der Waals surface area contributed by atoms with Crippen molar-refractivity contribution in [3.8, 4) is 10.6 Å². The molecule has 2 aromatic heterocycles. The van der Waals surface area contributed by atoms with Crippen LogP contribution in [0.4, 0.5) is 5.00 Å². The highest BCUT2D eigenvalue weighted by molar-refractivity contribution is 7.23. The van der Waals surface area contributed by atoms with Crippen LogP contribution in [0.25, 0.3) is 20.8 Å². The number of benzene rings is 1. The molecule has 4 rings (SSSR count). The molecule has 0 saturated heterocycles. The molecule has 3 aromatic rings. The maximum atomic E-state index is 11.7. The molecule has 0 spiro atoms. The molecule has 1 aromatic carbocycles. The Labute approximate surface area is 148 Å². The van der Waals surface area contributed by atoms with Crippen molar-refractivity contribution in [3.63, 3.8) is 0 Å². The quantitative estimate of drug-likeness (QED) is 0.706. The van der Waals surface area contributed by atoms with Crippen molar-refractivity contribution in [2.24, 2.45) is 0 Å². The molecule has 1 aliphatic rings. The minimum absolute atomic E-state index is 0.0374. The summed E-state index contributed by atoms with van der Waals surface area (Å²) >= 11 is 3.37. The van der Waals surface area contributed by atoms with Crippen LogP contribution in [-0.2, 0) is 11.2 Å². The van der Waals surface area contributed by atoms with Gasteiger partial charge in [-0.15, -0.1) is 22.7 Å². The Balaban J connectivity index is 1.93. The third kappa shape index (κ3) is 2.64. The fourth-order valence-corrected chi connectivity index (χ4v) is 5.76. The lowest BCUT2D eigenvalue weighted by molar-refractivity contribution is -0.114. The van der Waals surface area contributed by atoms with Crippen LogP contribution in [0.3, 0.4) is 0 Å². The van der Waals surface area contributed by atoms with Gasteiger partial charge < -0.3 is 10.6 Å². The number of rotatable bonds is 2. The molecular formula is C18H19N3OS2. The second kappa shape index (κ2) is 5.95. The number of hydrogen-bond acceptors (Lipinski definition) is 5. The van der Waals surface area contributed by atoms with Gasteiger partial charge in [-0.25, -0.2) is 4.98 Å². The van der Waals surface area contributed by atoms with Gasteiger partial charge >= 0.3 is 0 Å². The number of carbonyl (C=O) groups is 1. The van der Waals surface area contributed by atoms with E-state index in [1.807, 2.05) is 18.2 Å². The normalized spacial score (nSPS) is 20.1. The van der Waals surface area contributed by atoms with Gasteiger partial charge in [-0.05, 0) is 38.0 Å². The zero-order chi connectivity index (χ0) is 16.8. The maximum absolute atomic E-state index is 11.7. The zero-order valence-electron chi connectivity index (χ0n) is 13.8. The highest BCUT2D eigenvalue weighted by Gasteiger charge is 2.30. The SMILES string of the molecule is CC(=O)Nc1sc2c(c1-c1nc3ccccc3s1)C[C@H](C)N[C@@H]2C. The number of para-hydroxylation sites is 1. The van der Waals surface area contributed by atoms with Crippen molar-refractivity contribution >= 4 is 43.8 Å². The standard InChI is InChI=1S/C18H19N3OS2/c1-9-8-12-15(18-21-13-6-4-5-7-14(13)23-18)17(20-11(3)22)24-16(12)10(2)19-9/h4-7,9-10,19H,8H2,1-3H3,(H,20,22)/t9-,10+/m0/s1. The second-order valence-corrected chi connectivity index (χ2v) is 8.39. The summed E-state index contributed by atoms with van der Waals surface area (Å²) in [7, 11) is 0.